The van der Waals surface area contributed by atoms with Crippen molar-refractivity contribution in [3.63, 3.8) is 0 Å². The van der Waals surface area contributed by atoms with Crippen LogP contribution in [0.4, 0.5) is 0 Å². The van der Waals surface area contributed by atoms with Crippen molar-refractivity contribution >= 4 is 34.1 Å². The van der Waals surface area contributed by atoms with Crippen molar-refractivity contribution in [1.82, 2.24) is 4.90 Å². The average Bonchev–Trinajstić information content (AvgIpc) is 2.57. The minimum absolute atomic E-state index is 0.116. The fourth-order valence-corrected chi connectivity index (χ4v) is 4.87. The van der Waals surface area contributed by atoms with Crippen molar-refractivity contribution in [3.8, 4) is 0 Å². The summed E-state index contributed by atoms with van der Waals surface area (Å²) in [5.74, 6) is 0.116. The van der Waals surface area contributed by atoms with Gasteiger partial charge in [0.05, 0.1) is 0 Å². The van der Waals surface area contributed by atoms with Crippen LogP contribution in [0, 0.1) is 0 Å². The maximum atomic E-state index is 12.4. The molecule has 0 unspecified atom stereocenters. The van der Waals surface area contributed by atoms with Gasteiger partial charge in [0.15, 0.2) is 0 Å². The SMILES string of the molecule is CCN(CC)C(=O)/C=C(\[Te]c1ccccc1)c1ccccc1. The predicted molar refractivity (Wildman–Crippen MR) is 94.2 cm³/mol. The molecule has 0 aliphatic heterocycles. The third-order valence-electron chi connectivity index (χ3n) is 3.36. The van der Waals surface area contributed by atoms with Crippen molar-refractivity contribution in [2.24, 2.45) is 0 Å². The summed E-state index contributed by atoms with van der Waals surface area (Å²) in [5.41, 5.74) is 1.16. The number of benzene rings is 2. The van der Waals surface area contributed by atoms with Gasteiger partial charge in [0, 0.05) is 0 Å². The average molecular weight is 407 g/mol. The first-order valence-corrected chi connectivity index (χ1v) is 9.86. The third kappa shape index (κ3) is 4.73. The van der Waals surface area contributed by atoms with E-state index in [1.54, 1.807) is 0 Å². The monoisotopic (exact) mass is 409 g/mol. The van der Waals surface area contributed by atoms with Crippen LogP contribution in [0.15, 0.2) is 66.7 Å². The van der Waals surface area contributed by atoms with Gasteiger partial charge in [0.2, 0.25) is 0 Å². The molecule has 2 aromatic rings. The molecule has 0 N–H and O–H groups in total. The fraction of sp³-hybridized carbons (Fsp3) is 0.211. The second kappa shape index (κ2) is 8.78. The van der Waals surface area contributed by atoms with E-state index in [-0.39, 0.29) is 5.91 Å². The first-order chi connectivity index (χ1) is 10.7. The van der Waals surface area contributed by atoms with Crippen LogP contribution in [0.25, 0.3) is 3.62 Å². The zero-order valence-corrected chi connectivity index (χ0v) is 15.4. The van der Waals surface area contributed by atoms with E-state index < -0.39 is 20.9 Å². The van der Waals surface area contributed by atoms with Gasteiger partial charge in [0.25, 0.3) is 0 Å². The molecule has 0 aliphatic rings. The molecule has 114 valence electrons. The number of carbonyl (C=O) groups excluding carboxylic acids is 1. The Hall–Kier alpha value is -1.56. The summed E-state index contributed by atoms with van der Waals surface area (Å²) in [7, 11) is 0. The Balaban J connectivity index is 2.31. The second-order valence-corrected chi connectivity index (χ2v) is 7.98. The summed E-state index contributed by atoms with van der Waals surface area (Å²) in [6, 6.07) is 20.7. The van der Waals surface area contributed by atoms with E-state index in [1.165, 1.54) is 7.23 Å². The van der Waals surface area contributed by atoms with Crippen LogP contribution in [0.1, 0.15) is 19.4 Å². The Morgan fingerprint density at radius 2 is 1.50 bits per heavy atom. The van der Waals surface area contributed by atoms with Crippen LogP contribution in [0.3, 0.4) is 0 Å². The molecule has 3 heteroatoms. The van der Waals surface area contributed by atoms with Crippen molar-refractivity contribution in [3.05, 3.63) is 72.3 Å². The van der Waals surface area contributed by atoms with Gasteiger partial charge >= 0.3 is 143 Å². The molecule has 0 saturated heterocycles. The van der Waals surface area contributed by atoms with Gasteiger partial charge in [0.1, 0.15) is 0 Å². The van der Waals surface area contributed by atoms with Crippen molar-refractivity contribution in [2.45, 2.75) is 13.8 Å². The molecule has 2 aromatic carbocycles. The summed E-state index contributed by atoms with van der Waals surface area (Å²) in [5, 5.41) is 0. The Labute approximate surface area is 142 Å². The minimum atomic E-state index is -0.580. The van der Waals surface area contributed by atoms with Crippen molar-refractivity contribution in [1.29, 1.82) is 0 Å². The summed E-state index contributed by atoms with van der Waals surface area (Å²) < 4.78 is 2.53. The molecular weight excluding hydrogens is 386 g/mol. The van der Waals surface area contributed by atoms with E-state index in [0.717, 1.165) is 18.7 Å². The topological polar surface area (TPSA) is 20.3 Å². The molecule has 1 amide bonds. The molecule has 0 aromatic heterocycles. The van der Waals surface area contributed by atoms with E-state index in [1.807, 2.05) is 49.1 Å². The Morgan fingerprint density at radius 1 is 0.955 bits per heavy atom. The van der Waals surface area contributed by atoms with E-state index in [0.29, 0.717) is 0 Å². The Morgan fingerprint density at radius 3 is 2.05 bits per heavy atom. The molecule has 0 saturated carbocycles. The van der Waals surface area contributed by atoms with E-state index in [4.69, 9.17) is 0 Å². The molecule has 0 atom stereocenters. The molecule has 0 bridgehead atoms. The van der Waals surface area contributed by atoms with E-state index >= 15 is 0 Å². The number of rotatable bonds is 6. The quantitative estimate of drug-likeness (QED) is 0.533. The predicted octanol–water partition coefficient (Wildman–Crippen LogP) is 2.93. The van der Waals surface area contributed by atoms with Crippen LogP contribution in [-0.4, -0.2) is 44.8 Å². The Bertz CT molecular complexity index is 618. The number of hydrogen-bond acceptors (Lipinski definition) is 1. The molecule has 0 fully saturated rings. The van der Waals surface area contributed by atoms with E-state index in [2.05, 4.69) is 36.4 Å². The van der Waals surface area contributed by atoms with Crippen LogP contribution in [0.5, 0.6) is 0 Å². The summed E-state index contributed by atoms with van der Waals surface area (Å²) in [4.78, 5) is 14.3. The summed E-state index contributed by atoms with van der Waals surface area (Å²) in [6.45, 7) is 5.54. The van der Waals surface area contributed by atoms with Crippen LogP contribution in [0.2, 0.25) is 0 Å². The standard InChI is InChI=1S/C19H21NOTe/c1-3-20(4-2)19(21)15-18(16-11-7-5-8-12-16)22-17-13-9-6-10-14-17/h5-15H,3-4H2,1-2H3/b18-15-. The molecule has 0 radical (unpaired) electrons. The zero-order chi connectivity index (χ0) is 15.8. The van der Waals surface area contributed by atoms with Gasteiger partial charge in [-0.1, -0.05) is 0 Å². The molecular formula is C19H21NOTe. The summed E-state index contributed by atoms with van der Waals surface area (Å²) in [6.07, 6.45) is 1.84. The third-order valence-corrected chi connectivity index (χ3v) is 6.45. The number of likely N-dealkylation sites (N-methyl/N-ethyl adjacent to an activating group) is 1. The second-order valence-electron chi connectivity index (χ2n) is 4.80. The Kier molecular flexibility index (Phi) is 6.71. The van der Waals surface area contributed by atoms with Crippen molar-refractivity contribution in [2.75, 3.05) is 13.1 Å². The first kappa shape index (κ1) is 16.8. The zero-order valence-electron chi connectivity index (χ0n) is 13.0. The van der Waals surface area contributed by atoms with Gasteiger partial charge in [-0.2, -0.15) is 0 Å². The molecule has 2 nitrogen and oxygen atoms in total. The normalized spacial score (nSPS) is 11.3. The number of amides is 1. The summed E-state index contributed by atoms with van der Waals surface area (Å²) >= 11 is -0.580. The fourth-order valence-electron chi connectivity index (χ4n) is 2.13. The molecule has 0 heterocycles. The molecule has 0 spiro atoms. The number of hydrogen-bond donors (Lipinski definition) is 0. The molecule has 0 aliphatic carbocycles. The van der Waals surface area contributed by atoms with Gasteiger partial charge in [-0.05, 0) is 0 Å². The number of nitrogens with zero attached hydrogens (tertiary/aromatic N) is 1. The van der Waals surface area contributed by atoms with Crippen LogP contribution in [-0.2, 0) is 4.79 Å². The first-order valence-electron chi connectivity index (χ1n) is 7.53. The van der Waals surface area contributed by atoms with Crippen molar-refractivity contribution < 1.29 is 4.79 Å². The van der Waals surface area contributed by atoms with Crippen LogP contribution < -0.4 is 3.61 Å². The van der Waals surface area contributed by atoms with E-state index in [9.17, 15) is 4.79 Å². The van der Waals surface area contributed by atoms with Gasteiger partial charge in [-0.15, -0.1) is 0 Å². The molecule has 22 heavy (non-hydrogen) atoms. The van der Waals surface area contributed by atoms with Gasteiger partial charge in [-0.25, -0.2) is 0 Å². The van der Waals surface area contributed by atoms with Crippen LogP contribution >= 0.6 is 0 Å². The van der Waals surface area contributed by atoms with Gasteiger partial charge in [-0.3, -0.25) is 0 Å². The molecule has 2 rings (SSSR count). The van der Waals surface area contributed by atoms with Gasteiger partial charge < -0.3 is 0 Å². The maximum absolute atomic E-state index is 12.4. The number of carbonyl (C=O) groups is 1.